The molecular weight excluding hydrogens is 414 g/mol. The highest BCUT2D eigenvalue weighted by Crippen LogP contribution is 2.43. The van der Waals surface area contributed by atoms with Crippen molar-refractivity contribution in [1.82, 2.24) is 24.6 Å². The van der Waals surface area contributed by atoms with Crippen LogP contribution in [0.15, 0.2) is 54.7 Å². The molecule has 1 aromatic carbocycles. The summed E-state index contributed by atoms with van der Waals surface area (Å²) in [7, 11) is 3.75. The van der Waals surface area contributed by atoms with Gasteiger partial charge in [0, 0.05) is 36.8 Å². The number of amides is 1. The first kappa shape index (κ1) is 21.3. The molecule has 8 heteroatoms. The lowest BCUT2D eigenvalue weighted by molar-refractivity contribution is 0.0492. The van der Waals surface area contributed by atoms with Gasteiger partial charge in [0.15, 0.2) is 5.69 Å². The summed E-state index contributed by atoms with van der Waals surface area (Å²) in [6, 6.07) is 15.6. The van der Waals surface area contributed by atoms with Crippen LogP contribution in [0.5, 0.6) is 5.88 Å². The van der Waals surface area contributed by atoms with Crippen LogP contribution in [0.25, 0.3) is 16.9 Å². The average Bonchev–Trinajstić information content (AvgIpc) is 3.43. The summed E-state index contributed by atoms with van der Waals surface area (Å²) in [4.78, 5) is 22.0. The van der Waals surface area contributed by atoms with Crippen LogP contribution < -0.4 is 4.74 Å². The Morgan fingerprint density at radius 2 is 1.87 bits per heavy atom. The number of ether oxygens (including phenoxy) is 1. The lowest BCUT2D eigenvalue weighted by Gasteiger charge is -2.39. The first-order valence-electron chi connectivity index (χ1n) is 10.3. The number of likely N-dealkylation sites (N-methyl/N-ethyl adjacent to an activating group) is 1. The molecule has 2 aromatic heterocycles. The maximum absolute atomic E-state index is 13.3. The number of piperazine rings is 1. The van der Waals surface area contributed by atoms with Crippen molar-refractivity contribution in [3.63, 3.8) is 0 Å². The van der Waals surface area contributed by atoms with Crippen molar-refractivity contribution in [3.05, 3.63) is 60.4 Å². The molecule has 31 heavy (non-hydrogen) atoms. The smallest absolute Gasteiger partial charge is 0.274 e. The van der Waals surface area contributed by atoms with E-state index in [1.54, 1.807) is 24.1 Å². The minimum atomic E-state index is -0.00761. The number of pyridine rings is 1. The fourth-order valence-electron chi connectivity index (χ4n) is 4.20. The van der Waals surface area contributed by atoms with Crippen molar-refractivity contribution in [2.24, 2.45) is 0 Å². The molecule has 0 atom stereocenters. The third-order valence-electron chi connectivity index (χ3n) is 6.29. The Morgan fingerprint density at radius 3 is 2.52 bits per heavy atom. The molecule has 2 fully saturated rings. The number of aromatic nitrogens is 3. The lowest BCUT2D eigenvalue weighted by Crippen LogP contribution is -2.54. The van der Waals surface area contributed by atoms with E-state index < -0.39 is 0 Å². The second kappa shape index (κ2) is 8.32. The fraction of sp³-hybridized carbons (Fsp3) is 0.348. The number of carbonyl (C=O) groups is 1. The largest absolute Gasteiger partial charge is 0.481 e. The molecule has 0 bridgehead atoms. The highest BCUT2D eigenvalue weighted by Gasteiger charge is 2.50. The van der Waals surface area contributed by atoms with E-state index in [2.05, 4.69) is 16.9 Å². The monoisotopic (exact) mass is 439 g/mol. The summed E-state index contributed by atoms with van der Waals surface area (Å²) < 4.78 is 6.96. The maximum atomic E-state index is 13.3. The minimum Gasteiger partial charge on any atom is -0.481 e. The van der Waals surface area contributed by atoms with E-state index >= 15 is 0 Å². The molecule has 3 aromatic rings. The number of rotatable bonds is 4. The standard InChI is InChI=1S/C23H25N5O2.ClH/c1-26-12-13-27(16-23(26)10-11-23)22(29)19-14-20(17-6-4-3-5-7-17)28(25-19)18-8-9-21(30-2)24-15-18;/h3-9,14-15H,10-13,16H2,1-2H3;1H. The summed E-state index contributed by atoms with van der Waals surface area (Å²) in [6.07, 6.45) is 4.03. The van der Waals surface area contributed by atoms with Crippen LogP contribution in [0, 0.1) is 0 Å². The van der Waals surface area contributed by atoms with E-state index in [4.69, 9.17) is 9.84 Å². The SMILES string of the molecule is COc1ccc(-n2nc(C(=O)N3CCN(C)C4(CC4)C3)cc2-c2ccccc2)cn1.Cl. The van der Waals surface area contributed by atoms with Crippen LogP contribution in [-0.2, 0) is 0 Å². The van der Waals surface area contributed by atoms with Crippen LogP contribution >= 0.6 is 12.4 Å². The van der Waals surface area contributed by atoms with E-state index in [0.717, 1.165) is 49.4 Å². The Bertz CT molecular complexity index is 1060. The van der Waals surface area contributed by atoms with E-state index in [0.29, 0.717) is 11.6 Å². The Morgan fingerprint density at radius 1 is 1.10 bits per heavy atom. The lowest BCUT2D eigenvalue weighted by atomic mass is 10.1. The number of hydrogen-bond acceptors (Lipinski definition) is 5. The van der Waals surface area contributed by atoms with Crippen LogP contribution in [-0.4, -0.2) is 69.8 Å². The molecule has 1 amide bonds. The molecule has 1 aliphatic heterocycles. The van der Waals surface area contributed by atoms with Gasteiger partial charge in [0.1, 0.15) is 0 Å². The highest BCUT2D eigenvalue weighted by atomic mass is 35.5. The zero-order valence-electron chi connectivity index (χ0n) is 17.7. The van der Waals surface area contributed by atoms with Gasteiger partial charge in [-0.15, -0.1) is 12.4 Å². The summed E-state index contributed by atoms with van der Waals surface area (Å²) in [5, 5.41) is 4.71. The van der Waals surface area contributed by atoms with Gasteiger partial charge in [-0.05, 0) is 32.0 Å². The maximum Gasteiger partial charge on any atom is 0.274 e. The second-order valence-electron chi connectivity index (χ2n) is 8.12. The second-order valence-corrected chi connectivity index (χ2v) is 8.12. The molecule has 1 saturated carbocycles. The summed E-state index contributed by atoms with van der Waals surface area (Å²) in [6.45, 7) is 2.41. The molecular formula is C23H26ClN5O2. The zero-order chi connectivity index (χ0) is 20.7. The molecule has 0 N–H and O–H groups in total. The third-order valence-corrected chi connectivity index (χ3v) is 6.29. The van der Waals surface area contributed by atoms with E-state index in [1.165, 1.54) is 0 Å². The van der Waals surface area contributed by atoms with Crippen molar-refractivity contribution in [3.8, 4) is 22.8 Å². The van der Waals surface area contributed by atoms with Gasteiger partial charge in [-0.25, -0.2) is 9.67 Å². The van der Waals surface area contributed by atoms with Gasteiger partial charge in [-0.1, -0.05) is 30.3 Å². The Balaban J connectivity index is 0.00000231. The van der Waals surface area contributed by atoms with Crippen molar-refractivity contribution >= 4 is 18.3 Å². The topological polar surface area (TPSA) is 63.5 Å². The van der Waals surface area contributed by atoms with E-state index in [-0.39, 0.29) is 23.9 Å². The predicted octanol–water partition coefficient (Wildman–Crippen LogP) is 3.28. The number of nitrogens with zero attached hydrogens (tertiary/aromatic N) is 5. The van der Waals surface area contributed by atoms with Crippen molar-refractivity contribution < 1.29 is 9.53 Å². The predicted molar refractivity (Wildman–Crippen MR) is 121 cm³/mol. The average molecular weight is 440 g/mol. The van der Waals surface area contributed by atoms with Crippen molar-refractivity contribution in [2.75, 3.05) is 33.8 Å². The molecule has 2 aliphatic rings. The number of methoxy groups -OCH3 is 1. The first-order chi connectivity index (χ1) is 14.6. The van der Waals surface area contributed by atoms with Gasteiger partial charge < -0.3 is 9.64 Å². The molecule has 1 spiro atoms. The minimum absolute atomic E-state index is 0. The molecule has 1 saturated heterocycles. The number of hydrogen-bond donors (Lipinski definition) is 0. The molecule has 162 valence electrons. The van der Waals surface area contributed by atoms with Crippen LogP contribution in [0.2, 0.25) is 0 Å². The van der Waals surface area contributed by atoms with E-state index in [9.17, 15) is 4.79 Å². The molecule has 7 nitrogen and oxygen atoms in total. The molecule has 1 aliphatic carbocycles. The third kappa shape index (κ3) is 3.91. The van der Waals surface area contributed by atoms with Crippen LogP contribution in [0.4, 0.5) is 0 Å². The van der Waals surface area contributed by atoms with Crippen molar-refractivity contribution in [2.45, 2.75) is 18.4 Å². The fourth-order valence-corrected chi connectivity index (χ4v) is 4.20. The van der Waals surface area contributed by atoms with Gasteiger partial charge in [0.25, 0.3) is 5.91 Å². The number of carbonyl (C=O) groups excluding carboxylic acids is 1. The zero-order valence-corrected chi connectivity index (χ0v) is 18.5. The first-order valence-corrected chi connectivity index (χ1v) is 10.3. The van der Waals surface area contributed by atoms with Crippen LogP contribution in [0.3, 0.4) is 0 Å². The Labute approximate surface area is 188 Å². The van der Waals surface area contributed by atoms with Gasteiger partial charge in [0.2, 0.25) is 5.88 Å². The number of benzene rings is 1. The molecule has 3 heterocycles. The van der Waals surface area contributed by atoms with Gasteiger partial charge in [-0.3, -0.25) is 9.69 Å². The molecule has 0 unspecified atom stereocenters. The molecule has 5 rings (SSSR count). The van der Waals surface area contributed by atoms with Crippen LogP contribution in [0.1, 0.15) is 23.3 Å². The number of halogens is 1. The van der Waals surface area contributed by atoms with Crippen molar-refractivity contribution in [1.29, 1.82) is 0 Å². The highest BCUT2D eigenvalue weighted by molar-refractivity contribution is 5.94. The van der Waals surface area contributed by atoms with Gasteiger partial charge in [-0.2, -0.15) is 5.10 Å². The summed E-state index contributed by atoms with van der Waals surface area (Å²) in [5.41, 5.74) is 3.28. The van der Waals surface area contributed by atoms with Gasteiger partial charge in [0.05, 0.1) is 24.7 Å². The Hall–Kier alpha value is -2.90. The molecule has 0 radical (unpaired) electrons. The van der Waals surface area contributed by atoms with E-state index in [1.807, 2.05) is 47.4 Å². The normalized spacial score (nSPS) is 17.3. The Kier molecular flexibility index (Phi) is 5.73. The quantitative estimate of drug-likeness (QED) is 0.624. The summed E-state index contributed by atoms with van der Waals surface area (Å²) in [5.74, 6) is 0.530. The summed E-state index contributed by atoms with van der Waals surface area (Å²) >= 11 is 0. The van der Waals surface area contributed by atoms with Gasteiger partial charge >= 0.3 is 0 Å².